The molecule has 0 saturated carbocycles. The first kappa shape index (κ1) is 20.1. The highest BCUT2D eigenvalue weighted by Crippen LogP contribution is 2.22. The highest BCUT2D eigenvalue weighted by molar-refractivity contribution is 7.89. The van der Waals surface area contributed by atoms with Crippen molar-refractivity contribution >= 4 is 21.1 Å². The molecule has 4 rings (SSSR count). The first-order valence-electron chi connectivity index (χ1n) is 10.3. The molecule has 0 amide bonds. The van der Waals surface area contributed by atoms with Crippen molar-refractivity contribution in [2.75, 3.05) is 26.2 Å². The molecule has 0 unspecified atom stereocenters. The summed E-state index contributed by atoms with van der Waals surface area (Å²) >= 11 is 0. The van der Waals surface area contributed by atoms with Gasteiger partial charge in [-0.05, 0) is 42.2 Å². The van der Waals surface area contributed by atoms with Crippen molar-refractivity contribution in [2.45, 2.75) is 37.6 Å². The van der Waals surface area contributed by atoms with E-state index in [1.54, 1.807) is 16.4 Å². The topological polar surface area (TPSA) is 67.8 Å². The van der Waals surface area contributed by atoms with E-state index in [9.17, 15) is 8.42 Å². The normalized spacial score (nSPS) is 17.6. The SMILES string of the molecule is CC[C@H](C)c1ccc(S(=O)(=O)N2CC[NH+](Cc3nc4ccccc4o3)CC2)cc1. The fourth-order valence-electron chi connectivity index (χ4n) is 3.78. The highest BCUT2D eigenvalue weighted by atomic mass is 32.2. The van der Waals surface area contributed by atoms with E-state index in [0.29, 0.717) is 36.3 Å². The van der Waals surface area contributed by atoms with Gasteiger partial charge >= 0.3 is 0 Å². The van der Waals surface area contributed by atoms with Gasteiger partial charge in [0.1, 0.15) is 5.52 Å². The first-order chi connectivity index (χ1) is 14.0. The number of quaternary nitrogens is 1. The molecule has 0 aliphatic carbocycles. The Balaban J connectivity index is 1.39. The number of piperazine rings is 1. The summed E-state index contributed by atoms with van der Waals surface area (Å²) in [6.45, 7) is 7.45. The van der Waals surface area contributed by atoms with Crippen LogP contribution in [0.2, 0.25) is 0 Å². The van der Waals surface area contributed by atoms with Crippen LogP contribution >= 0.6 is 0 Å². The van der Waals surface area contributed by atoms with E-state index in [4.69, 9.17) is 4.42 Å². The molecule has 3 aromatic rings. The summed E-state index contributed by atoms with van der Waals surface area (Å²) in [5.74, 6) is 1.14. The molecule has 2 heterocycles. The third-order valence-corrected chi connectivity index (χ3v) is 7.78. The smallest absolute Gasteiger partial charge is 0.251 e. The second-order valence-electron chi connectivity index (χ2n) is 7.78. The Kier molecular flexibility index (Phi) is 5.72. The molecule has 1 saturated heterocycles. The van der Waals surface area contributed by atoms with Gasteiger partial charge in [-0.15, -0.1) is 0 Å². The van der Waals surface area contributed by atoms with Crippen LogP contribution in [0.15, 0.2) is 57.8 Å². The molecule has 1 N–H and O–H groups in total. The zero-order valence-electron chi connectivity index (χ0n) is 17.0. The van der Waals surface area contributed by atoms with Gasteiger partial charge < -0.3 is 9.32 Å². The lowest BCUT2D eigenvalue weighted by Crippen LogP contribution is -3.13. The number of rotatable bonds is 6. The number of hydrogen-bond acceptors (Lipinski definition) is 4. The zero-order chi connectivity index (χ0) is 20.4. The number of hydrogen-bond donors (Lipinski definition) is 1. The summed E-state index contributed by atoms with van der Waals surface area (Å²) in [5, 5.41) is 0. The Labute approximate surface area is 172 Å². The van der Waals surface area contributed by atoms with Gasteiger partial charge in [0.05, 0.1) is 31.1 Å². The first-order valence-corrected chi connectivity index (χ1v) is 11.7. The standard InChI is InChI=1S/C22H27N3O3S/c1-3-17(2)18-8-10-19(11-9-18)29(26,27)25-14-12-24(13-15-25)16-22-23-20-6-4-5-7-21(20)28-22/h4-11,17H,3,12-16H2,1-2H3/p+1/t17-/m0/s1. The van der Waals surface area contributed by atoms with Crippen molar-refractivity contribution in [1.29, 1.82) is 0 Å². The fourth-order valence-corrected chi connectivity index (χ4v) is 5.22. The monoisotopic (exact) mass is 414 g/mol. The van der Waals surface area contributed by atoms with Gasteiger partial charge in [0, 0.05) is 0 Å². The number of para-hydroxylation sites is 2. The van der Waals surface area contributed by atoms with Crippen LogP contribution < -0.4 is 4.90 Å². The van der Waals surface area contributed by atoms with Crippen LogP contribution in [0.1, 0.15) is 37.6 Å². The van der Waals surface area contributed by atoms with Gasteiger partial charge in [-0.2, -0.15) is 4.31 Å². The van der Waals surface area contributed by atoms with Crippen LogP contribution in [-0.2, 0) is 16.6 Å². The molecule has 0 radical (unpaired) electrons. The third-order valence-electron chi connectivity index (χ3n) is 5.87. The molecule has 7 heteroatoms. The van der Waals surface area contributed by atoms with Gasteiger partial charge in [-0.1, -0.05) is 38.1 Å². The Morgan fingerprint density at radius 1 is 1.10 bits per heavy atom. The van der Waals surface area contributed by atoms with Crippen LogP contribution in [0, 0.1) is 0 Å². The average Bonchev–Trinajstić information content (AvgIpc) is 3.16. The van der Waals surface area contributed by atoms with E-state index in [2.05, 4.69) is 18.8 Å². The fraction of sp³-hybridized carbons (Fsp3) is 0.409. The summed E-state index contributed by atoms with van der Waals surface area (Å²) in [5.41, 5.74) is 2.84. The van der Waals surface area contributed by atoms with Gasteiger partial charge in [-0.3, -0.25) is 0 Å². The Hall–Kier alpha value is -2.22. The van der Waals surface area contributed by atoms with E-state index in [1.165, 1.54) is 10.5 Å². The summed E-state index contributed by atoms with van der Waals surface area (Å²) < 4.78 is 33.4. The molecule has 1 atom stereocenters. The van der Waals surface area contributed by atoms with E-state index in [-0.39, 0.29) is 0 Å². The maximum Gasteiger partial charge on any atom is 0.251 e. The van der Waals surface area contributed by atoms with Crippen molar-refractivity contribution in [2.24, 2.45) is 0 Å². The molecule has 1 aliphatic heterocycles. The predicted octanol–water partition coefficient (Wildman–Crippen LogP) is 2.43. The molecule has 2 aromatic carbocycles. The maximum absolute atomic E-state index is 13.0. The summed E-state index contributed by atoms with van der Waals surface area (Å²) in [6.07, 6.45) is 1.04. The molecule has 1 fully saturated rings. The lowest BCUT2D eigenvalue weighted by molar-refractivity contribution is -0.918. The summed E-state index contributed by atoms with van der Waals surface area (Å²) in [6, 6.07) is 15.1. The Morgan fingerprint density at radius 3 is 2.45 bits per heavy atom. The molecule has 154 valence electrons. The van der Waals surface area contributed by atoms with E-state index >= 15 is 0 Å². The van der Waals surface area contributed by atoms with Gasteiger partial charge in [0.25, 0.3) is 5.89 Å². The lowest BCUT2D eigenvalue weighted by atomic mass is 9.99. The minimum Gasteiger partial charge on any atom is -0.435 e. The Bertz CT molecular complexity index is 1040. The van der Waals surface area contributed by atoms with E-state index in [1.807, 2.05) is 36.4 Å². The molecule has 1 aromatic heterocycles. The summed E-state index contributed by atoms with van der Waals surface area (Å²) in [7, 11) is -3.45. The molecular formula is C22H28N3O3S+. The number of fused-ring (bicyclic) bond motifs is 1. The minimum absolute atomic E-state index is 0.381. The van der Waals surface area contributed by atoms with Crippen molar-refractivity contribution < 1.29 is 17.7 Å². The largest absolute Gasteiger partial charge is 0.435 e. The van der Waals surface area contributed by atoms with E-state index < -0.39 is 10.0 Å². The van der Waals surface area contributed by atoms with Crippen molar-refractivity contribution in [3.8, 4) is 0 Å². The second-order valence-corrected chi connectivity index (χ2v) is 9.72. The van der Waals surface area contributed by atoms with Gasteiger partial charge in [0.2, 0.25) is 10.0 Å². The quantitative estimate of drug-likeness (QED) is 0.673. The second kappa shape index (κ2) is 8.26. The molecule has 0 bridgehead atoms. The van der Waals surface area contributed by atoms with Crippen LogP contribution in [-0.4, -0.2) is 43.9 Å². The molecule has 0 spiro atoms. The van der Waals surface area contributed by atoms with Crippen LogP contribution in [0.4, 0.5) is 0 Å². The van der Waals surface area contributed by atoms with Crippen LogP contribution in [0.3, 0.4) is 0 Å². The van der Waals surface area contributed by atoms with Gasteiger partial charge in [0.15, 0.2) is 12.1 Å². The number of benzene rings is 2. The number of oxazole rings is 1. The molecule has 6 nitrogen and oxygen atoms in total. The van der Waals surface area contributed by atoms with Crippen molar-refractivity contribution in [1.82, 2.24) is 9.29 Å². The number of nitrogens with one attached hydrogen (secondary N) is 1. The number of sulfonamides is 1. The number of nitrogens with zero attached hydrogens (tertiary/aromatic N) is 2. The molecule has 1 aliphatic rings. The van der Waals surface area contributed by atoms with Crippen LogP contribution in [0.5, 0.6) is 0 Å². The van der Waals surface area contributed by atoms with Crippen molar-refractivity contribution in [3.05, 3.63) is 60.0 Å². The highest BCUT2D eigenvalue weighted by Gasteiger charge is 2.31. The minimum atomic E-state index is -3.45. The Morgan fingerprint density at radius 2 is 1.79 bits per heavy atom. The van der Waals surface area contributed by atoms with Gasteiger partial charge in [-0.25, -0.2) is 13.4 Å². The summed E-state index contributed by atoms with van der Waals surface area (Å²) in [4.78, 5) is 6.20. The zero-order valence-corrected chi connectivity index (χ0v) is 17.8. The van der Waals surface area contributed by atoms with Crippen molar-refractivity contribution in [3.63, 3.8) is 0 Å². The number of aromatic nitrogens is 1. The predicted molar refractivity (Wildman–Crippen MR) is 112 cm³/mol. The van der Waals surface area contributed by atoms with Crippen LogP contribution in [0.25, 0.3) is 11.1 Å². The van der Waals surface area contributed by atoms with E-state index in [0.717, 1.165) is 30.6 Å². The third kappa shape index (κ3) is 4.22. The average molecular weight is 415 g/mol. The lowest BCUT2D eigenvalue weighted by Gasteiger charge is -2.30. The molecular weight excluding hydrogens is 386 g/mol. The maximum atomic E-state index is 13.0. The molecule has 29 heavy (non-hydrogen) atoms.